The topological polar surface area (TPSA) is 63.4 Å². The van der Waals surface area contributed by atoms with Crippen LogP contribution in [0.1, 0.15) is 31.1 Å². The fraction of sp³-hybridized carbons (Fsp3) is 0.429. The number of carbonyl (C=O) groups excluding carboxylic acids is 2. The number of carbonyl (C=O) groups is 2. The van der Waals surface area contributed by atoms with E-state index in [0.29, 0.717) is 15.6 Å². The number of benzene rings is 1. The van der Waals surface area contributed by atoms with Crippen molar-refractivity contribution in [2.24, 2.45) is 5.73 Å². The third-order valence-corrected chi connectivity index (χ3v) is 3.62. The molecule has 0 aliphatic carbocycles. The van der Waals surface area contributed by atoms with Gasteiger partial charge in [0.2, 0.25) is 5.91 Å². The molecule has 1 atom stereocenters. The average molecular weight is 317 g/mol. The predicted molar refractivity (Wildman–Crippen MR) is 81.3 cm³/mol. The number of nitrogens with zero attached hydrogens (tertiary/aromatic N) is 1. The predicted octanol–water partition coefficient (Wildman–Crippen LogP) is 2.76. The van der Waals surface area contributed by atoms with E-state index in [2.05, 4.69) is 0 Å². The minimum Gasteiger partial charge on any atom is -0.369 e. The summed E-state index contributed by atoms with van der Waals surface area (Å²) in [5, 5.41) is 0.772. The van der Waals surface area contributed by atoms with Crippen LogP contribution in [0.5, 0.6) is 0 Å². The lowest BCUT2D eigenvalue weighted by molar-refractivity contribution is -0.119. The van der Waals surface area contributed by atoms with Crippen LogP contribution in [-0.4, -0.2) is 35.2 Å². The van der Waals surface area contributed by atoms with E-state index < -0.39 is 11.9 Å². The largest absolute Gasteiger partial charge is 0.369 e. The van der Waals surface area contributed by atoms with Gasteiger partial charge in [-0.15, -0.1) is 0 Å². The Hall–Kier alpha value is -1.10. The normalized spacial score (nSPS) is 12.8. The molecule has 0 aromatic heterocycles. The number of hydrogen-bond donors (Lipinski definition) is 1. The summed E-state index contributed by atoms with van der Waals surface area (Å²) in [6.45, 7) is 5.55. The van der Waals surface area contributed by atoms with Gasteiger partial charge in [-0.3, -0.25) is 14.5 Å². The molecule has 2 N–H and O–H groups in total. The van der Waals surface area contributed by atoms with E-state index >= 15 is 0 Å². The summed E-state index contributed by atoms with van der Waals surface area (Å²) in [5.41, 5.74) is 5.61. The zero-order valence-electron chi connectivity index (χ0n) is 11.7. The zero-order chi connectivity index (χ0) is 15.4. The summed E-state index contributed by atoms with van der Waals surface area (Å²) in [7, 11) is 0. The Kier molecular flexibility index (Phi) is 5.99. The Balaban J connectivity index is 3.01. The quantitative estimate of drug-likeness (QED) is 0.821. The van der Waals surface area contributed by atoms with Crippen LogP contribution >= 0.6 is 23.2 Å². The molecule has 1 amide bonds. The first-order valence-corrected chi connectivity index (χ1v) is 7.03. The highest BCUT2D eigenvalue weighted by Crippen LogP contribution is 2.23. The molecule has 0 heterocycles. The first kappa shape index (κ1) is 17.0. The summed E-state index contributed by atoms with van der Waals surface area (Å²) in [5.74, 6) is -0.637. The second-order valence-electron chi connectivity index (χ2n) is 4.90. The number of ketones is 1. The van der Waals surface area contributed by atoms with Crippen molar-refractivity contribution in [3.05, 3.63) is 33.8 Å². The van der Waals surface area contributed by atoms with Crippen LogP contribution in [0.3, 0.4) is 0 Å². The molecule has 1 rings (SSSR count). The molecule has 0 radical (unpaired) electrons. The lowest BCUT2D eigenvalue weighted by Gasteiger charge is -2.30. The molecule has 0 aliphatic heterocycles. The van der Waals surface area contributed by atoms with E-state index in [1.54, 1.807) is 24.0 Å². The fourth-order valence-electron chi connectivity index (χ4n) is 2.01. The van der Waals surface area contributed by atoms with Gasteiger partial charge in [-0.05, 0) is 39.0 Å². The number of amides is 1. The van der Waals surface area contributed by atoms with Crippen LogP contribution in [0.25, 0.3) is 0 Å². The molecular formula is C14H18Cl2N2O2. The number of primary amides is 1. The van der Waals surface area contributed by atoms with Crippen molar-refractivity contribution in [3.63, 3.8) is 0 Å². The standard InChI is InChI=1S/C14H18Cl2N2O2/c1-8(2)18(7-13(17)19)9(3)14(20)11-5-4-10(15)6-12(11)16/h4-6,8-9H,7H2,1-3H3,(H2,17,19). The summed E-state index contributed by atoms with van der Waals surface area (Å²) < 4.78 is 0. The van der Waals surface area contributed by atoms with Gasteiger partial charge >= 0.3 is 0 Å². The molecule has 1 aromatic rings. The maximum absolute atomic E-state index is 12.5. The Morgan fingerprint density at radius 2 is 1.85 bits per heavy atom. The molecule has 0 fully saturated rings. The first-order chi connectivity index (χ1) is 9.23. The Morgan fingerprint density at radius 3 is 2.30 bits per heavy atom. The minimum atomic E-state index is -0.499. The first-order valence-electron chi connectivity index (χ1n) is 6.27. The fourth-order valence-corrected chi connectivity index (χ4v) is 2.51. The molecule has 6 heteroatoms. The van der Waals surface area contributed by atoms with Crippen LogP contribution in [-0.2, 0) is 4.79 Å². The molecule has 1 unspecified atom stereocenters. The van der Waals surface area contributed by atoms with E-state index in [9.17, 15) is 9.59 Å². The Labute approximate surface area is 128 Å². The molecule has 0 saturated carbocycles. The van der Waals surface area contributed by atoms with E-state index in [1.165, 1.54) is 6.07 Å². The van der Waals surface area contributed by atoms with Crippen LogP contribution in [0.4, 0.5) is 0 Å². The second-order valence-corrected chi connectivity index (χ2v) is 5.74. The highest BCUT2D eigenvalue weighted by molar-refractivity contribution is 6.37. The van der Waals surface area contributed by atoms with Gasteiger partial charge in [0.15, 0.2) is 5.78 Å². The number of nitrogens with two attached hydrogens (primary N) is 1. The summed E-state index contributed by atoms with van der Waals surface area (Å²) >= 11 is 11.9. The van der Waals surface area contributed by atoms with Crippen molar-refractivity contribution in [1.82, 2.24) is 4.90 Å². The molecule has 0 bridgehead atoms. The van der Waals surface area contributed by atoms with E-state index in [1.807, 2.05) is 13.8 Å². The lowest BCUT2D eigenvalue weighted by Crippen LogP contribution is -2.47. The summed E-state index contributed by atoms with van der Waals surface area (Å²) in [6.07, 6.45) is 0. The Bertz CT molecular complexity index is 518. The molecule has 0 saturated heterocycles. The van der Waals surface area contributed by atoms with E-state index in [-0.39, 0.29) is 18.4 Å². The monoisotopic (exact) mass is 316 g/mol. The van der Waals surface area contributed by atoms with Gasteiger partial charge in [-0.2, -0.15) is 0 Å². The van der Waals surface area contributed by atoms with Crippen LogP contribution in [0, 0.1) is 0 Å². The minimum absolute atomic E-state index is 0.00697. The van der Waals surface area contributed by atoms with Gasteiger partial charge in [-0.1, -0.05) is 23.2 Å². The van der Waals surface area contributed by atoms with Crippen LogP contribution in [0.15, 0.2) is 18.2 Å². The van der Waals surface area contributed by atoms with Gasteiger partial charge in [0, 0.05) is 16.6 Å². The smallest absolute Gasteiger partial charge is 0.231 e. The summed E-state index contributed by atoms with van der Waals surface area (Å²) in [6, 6.07) is 4.23. The van der Waals surface area contributed by atoms with Gasteiger partial charge in [0.05, 0.1) is 17.6 Å². The van der Waals surface area contributed by atoms with Crippen molar-refractivity contribution in [3.8, 4) is 0 Å². The number of rotatable bonds is 6. The van der Waals surface area contributed by atoms with Gasteiger partial charge in [0.1, 0.15) is 0 Å². The average Bonchev–Trinajstić information content (AvgIpc) is 2.34. The van der Waals surface area contributed by atoms with Gasteiger partial charge < -0.3 is 5.73 Å². The molecular weight excluding hydrogens is 299 g/mol. The van der Waals surface area contributed by atoms with Crippen molar-refractivity contribution in [2.75, 3.05) is 6.54 Å². The second kappa shape index (κ2) is 7.07. The SMILES string of the molecule is CC(C)N(CC(N)=O)C(C)C(=O)c1ccc(Cl)cc1Cl. The number of halogens is 2. The van der Waals surface area contributed by atoms with Gasteiger partial charge in [0.25, 0.3) is 0 Å². The highest BCUT2D eigenvalue weighted by atomic mass is 35.5. The van der Waals surface area contributed by atoms with Gasteiger partial charge in [-0.25, -0.2) is 0 Å². The van der Waals surface area contributed by atoms with E-state index in [4.69, 9.17) is 28.9 Å². The molecule has 0 spiro atoms. The molecule has 110 valence electrons. The maximum Gasteiger partial charge on any atom is 0.231 e. The third kappa shape index (κ3) is 4.20. The van der Waals surface area contributed by atoms with Crippen molar-refractivity contribution in [1.29, 1.82) is 0 Å². The van der Waals surface area contributed by atoms with Crippen molar-refractivity contribution in [2.45, 2.75) is 32.9 Å². The molecule has 4 nitrogen and oxygen atoms in total. The van der Waals surface area contributed by atoms with Crippen molar-refractivity contribution < 1.29 is 9.59 Å². The lowest BCUT2D eigenvalue weighted by atomic mass is 10.0. The Morgan fingerprint density at radius 1 is 1.25 bits per heavy atom. The molecule has 1 aromatic carbocycles. The molecule has 20 heavy (non-hydrogen) atoms. The highest BCUT2D eigenvalue weighted by Gasteiger charge is 2.27. The number of hydrogen-bond acceptors (Lipinski definition) is 3. The molecule has 0 aliphatic rings. The summed E-state index contributed by atoms with van der Waals surface area (Å²) in [4.78, 5) is 25.3. The van der Waals surface area contributed by atoms with Crippen molar-refractivity contribution >= 4 is 34.9 Å². The number of Topliss-reactive ketones (excluding diaryl/α,β-unsaturated/α-hetero) is 1. The van der Waals surface area contributed by atoms with Crippen LogP contribution in [0.2, 0.25) is 10.0 Å². The van der Waals surface area contributed by atoms with Crippen LogP contribution < -0.4 is 5.73 Å². The van der Waals surface area contributed by atoms with E-state index in [0.717, 1.165) is 0 Å². The zero-order valence-corrected chi connectivity index (χ0v) is 13.2. The maximum atomic E-state index is 12.5. The third-order valence-electron chi connectivity index (χ3n) is 3.08.